The van der Waals surface area contributed by atoms with Crippen molar-refractivity contribution in [1.29, 1.82) is 0 Å². The third-order valence-corrected chi connectivity index (χ3v) is 4.86. The Morgan fingerprint density at radius 1 is 1.40 bits per heavy atom. The van der Waals surface area contributed by atoms with Crippen LogP contribution in [0.2, 0.25) is 0 Å². The molecule has 3 nitrogen and oxygen atoms in total. The van der Waals surface area contributed by atoms with Gasteiger partial charge < -0.3 is 10.3 Å². The quantitative estimate of drug-likeness (QED) is 0.741. The van der Waals surface area contributed by atoms with E-state index in [0.717, 1.165) is 31.3 Å². The summed E-state index contributed by atoms with van der Waals surface area (Å²) >= 11 is 10.3. The van der Waals surface area contributed by atoms with Crippen molar-refractivity contribution >= 4 is 64.5 Å². The van der Waals surface area contributed by atoms with Gasteiger partial charge in [0.15, 0.2) is 4.73 Å². The van der Waals surface area contributed by atoms with E-state index in [1.165, 1.54) is 0 Å². The zero-order chi connectivity index (χ0) is 11.2. The highest BCUT2D eigenvalue weighted by Crippen LogP contribution is 2.36. The minimum atomic E-state index is 0.660. The molecule has 0 atom stereocenters. The number of benzene rings is 1. The molecule has 1 aromatic heterocycles. The number of hydrogen-bond donors (Lipinski definition) is 1. The first kappa shape index (κ1) is 11.4. The van der Waals surface area contributed by atoms with Gasteiger partial charge in [0.1, 0.15) is 5.52 Å². The lowest BCUT2D eigenvalue weighted by atomic mass is 10.3. The molecule has 6 heteroatoms. The van der Waals surface area contributed by atoms with E-state index in [1.807, 2.05) is 6.07 Å². The summed E-state index contributed by atoms with van der Waals surface area (Å²) in [4.78, 5) is 4.39. The molecular weight excluding hydrogens is 390 g/mol. The molecule has 0 aliphatic carbocycles. The number of nitrogen functional groups attached to an aromatic ring is 1. The lowest BCUT2D eigenvalue weighted by Gasteiger charge is -2.04. The Labute approximate surface area is 112 Å². The third-order valence-electron chi connectivity index (χ3n) is 2.24. The highest BCUT2D eigenvalue weighted by atomic mass is 79.9. The molecule has 1 heterocycles. The minimum Gasteiger partial charge on any atom is -0.396 e. The summed E-state index contributed by atoms with van der Waals surface area (Å²) < 4.78 is 4.65. The van der Waals surface area contributed by atoms with Crippen molar-refractivity contribution in [2.75, 3.05) is 5.73 Å². The van der Waals surface area contributed by atoms with E-state index in [9.17, 15) is 0 Å². The van der Waals surface area contributed by atoms with Gasteiger partial charge in [0, 0.05) is 11.0 Å². The molecular formula is C9H8Br3N3. The molecule has 0 saturated carbocycles. The molecule has 2 rings (SSSR count). The first-order valence-corrected chi connectivity index (χ1v) is 6.73. The maximum absolute atomic E-state index is 5.98. The van der Waals surface area contributed by atoms with Crippen molar-refractivity contribution in [3.8, 4) is 0 Å². The van der Waals surface area contributed by atoms with Gasteiger partial charge in [0.25, 0.3) is 0 Å². The van der Waals surface area contributed by atoms with Gasteiger partial charge in [0.05, 0.1) is 15.7 Å². The van der Waals surface area contributed by atoms with Gasteiger partial charge in [0.2, 0.25) is 0 Å². The second kappa shape index (κ2) is 4.07. The van der Waals surface area contributed by atoms with E-state index in [0.29, 0.717) is 5.69 Å². The Hall–Kier alpha value is -0.0700. The van der Waals surface area contributed by atoms with Crippen molar-refractivity contribution in [3.05, 3.63) is 19.7 Å². The molecule has 80 valence electrons. The minimum absolute atomic E-state index is 0.660. The van der Waals surface area contributed by atoms with Crippen molar-refractivity contribution in [3.63, 3.8) is 0 Å². The van der Waals surface area contributed by atoms with Gasteiger partial charge in [-0.25, -0.2) is 4.98 Å². The van der Waals surface area contributed by atoms with E-state index in [1.54, 1.807) is 0 Å². The SMILES string of the molecule is CCn1c(Br)nc2c(N)c(Br)c(Br)cc21. The number of aryl methyl sites for hydroxylation is 1. The van der Waals surface area contributed by atoms with Gasteiger partial charge in [-0.3, -0.25) is 0 Å². The summed E-state index contributed by atoms with van der Waals surface area (Å²) in [6.07, 6.45) is 0. The van der Waals surface area contributed by atoms with Crippen LogP contribution in [0.5, 0.6) is 0 Å². The summed E-state index contributed by atoms with van der Waals surface area (Å²) in [5.41, 5.74) is 8.49. The lowest BCUT2D eigenvalue weighted by Crippen LogP contribution is -1.95. The summed E-state index contributed by atoms with van der Waals surface area (Å²) in [7, 11) is 0. The molecule has 0 aliphatic rings. The normalized spacial score (nSPS) is 11.2. The van der Waals surface area contributed by atoms with Crippen LogP contribution >= 0.6 is 47.8 Å². The predicted octanol–water partition coefficient (Wildman–Crippen LogP) is 3.93. The number of fused-ring (bicyclic) bond motifs is 1. The third kappa shape index (κ3) is 1.72. The zero-order valence-corrected chi connectivity index (χ0v) is 12.6. The highest BCUT2D eigenvalue weighted by Gasteiger charge is 2.14. The summed E-state index contributed by atoms with van der Waals surface area (Å²) in [5.74, 6) is 0. The molecule has 0 aliphatic heterocycles. The van der Waals surface area contributed by atoms with Crippen molar-refractivity contribution in [2.24, 2.45) is 0 Å². The number of hydrogen-bond acceptors (Lipinski definition) is 2. The summed E-state index contributed by atoms with van der Waals surface area (Å²) in [5, 5.41) is 0. The van der Waals surface area contributed by atoms with Crippen LogP contribution in [0.4, 0.5) is 5.69 Å². The maximum atomic E-state index is 5.98. The fourth-order valence-electron chi connectivity index (χ4n) is 1.50. The average molecular weight is 398 g/mol. The Morgan fingerprint density at radius 2 is 2.07 bits per heavy atom. The van der Waals surface area contributed by atoms with Crippen molar-refractivity contribution in [1.82, 2.24) is 9.55 Å². The van der Waals surface area contributed by atoms with E-state index in [2.05, 4.69) is 64.3 Å². The van der Waals surface area contributed by atoms with Gasteiger partial charge in [-0.2, -0.15) is 0 Å². The molecule has 0 fully saturated rings. The van der Waals surface area contributed by atoms with Gasteiger partial charge >= 0.3 is 0 Å². The van der Waals surface area contributed by atoms with Crippen LogP contribution < -0.4 is 5.73 Å². The van der Waals surface area contributed by atoms with Crippen LogP contribution in [-0.2, 0) is 6.54 Å². The highest BCUT2D eigenvalue weighted by molar-refractivity contribution is 9.13. The van der Waals surface area contributed by atoms with E-state index < -0.39 is 0 Å². The van der Waals surface area contributed by atoms with E-state index in [-0.39, 0.29) is 0 Å². The van der Waals surface area contributed by atoms with Crippen molar-refractivity contribution < 1.29 is 0 Å². The number of nitrogens with zero attached hydrogens (tertiary/aromatic N) is 2. The average Bonchev–Trinajstić information content (AvgIpc) is 2.51. The Bertz CT molecular complexity index is 533. The van der Waals surface area contributed by atoms with Crippen LogP contribution in [0.15, 0.2) is 19.7 Å². The molecule has 0 spiro atoms. The van der Waals surface area contributed by atoms with Gasteiger partial charge in [-0.05, 0) is 60.8 Å². The first-order chi connectivity index (χ1) is 7.06. The van der Waals surface area contributed by atoms with Crippen LogP contribution in [0.25, 0.3) is 11.0 Å². The fraction of sp³-hybridized carbons (Fsp3) is 0.222. The predicted molar refractivity (Wildman–Crippen MR) is 72.9 cm³/mol. The summed E-state index contributed by atoms with van der Waals surface area (Å²) in [6, 6.07) is 2.01. The first-order valence-electron chi connectivity index (χ1n) is 4.35. The number of aromatic nitrogens is 2. The molecule has 0 bridgehead atoms. The van der Waals surface area contributed by atoms with Crippen LogP contribution in [-0.4, -0.2) is 9.55 Å². The van der Waals surface area contributed by atoms with E-state index >= 15 is 0 Å². The number of imidazole rings is 1. The van der Waals surface area contributed by atoms with Crippen LogP contribution in [0.3, 0.4) is 0 Å². The molecule has 0 radical (unpaired) electrons. The van der Waals surface area contributed by atoms with Gasteiger partial charge in [-0.15, -0.1) is 0 Å². The zero-order valence-electron chi connectivity index (χ0n) is 7.89. The maximum Gasteiger partial charge on any atom is 0.178 e. The smallest absolute Gasteiger partial charge is 0.178 e. The standard InChI is InChI=1S/C9H8Br3N3/c1-2-15-5-3-4(10)6(11)7(13)8(5)14-9(15)12/h3H,2,13H2,1H3. The Balaban J connectivity index is 2.92. The number of nitrogens with two attached hydrogens (primary N) is 1. The second-order valence-electron chi connectivity index (χ2n) is 3.08. The van der Waals surface area contributed by atoms with Gasteiger partial charge in [-0.1, -0.05) is 0 Å². The molecule has 2 N–H and O–H groups in total. The van der Waals surface area contributed by atoms with Crippen LogP contribution in [0.1, 0.15) is 6.92 Å². The topological polar surface area (TPSA) is 43.8 Å². The van der Waals surface area contributed by atoms with Crippen molar-refractivity contribution in [2.45, 2.75) is 13.5 Å². The number of anilines is 1. The number of halogens is 3. The second-order valence-corrected chi connectivity index (χ2v) is 5.44. The molecule has 0 amide bonds. The monoisotopic (exact) mass is 395 g/mol. The van der Waals surface area contributed by atoms with E-state index in [4.69, 9.17) is 5.73 Å². The Morgan fingerprint density at radius 3 is 2.67 bits per heavy atom. The molecule has 15 heavy (non-hydrogen) atoms. The Kier molecular flexibility index (Phi) is 3.10. The largest absolute Gasteiger partial charge is 0.396 e. The number of rotatable bonds is 1. The van der Waals surface area contributed by atoms with Crippen LogP contribution in [0, 0.1) is 0 Å². The summed E-state index contributed by atoms with van der Waals surface area (Å²) in [6.45, 7) is 2.92. The molecule has 2 aromatic rings. The lowest BCUT2D eigenvalue weighted by molar-refractivity contribution is 0.765. The molecule has 1 aromatic carbocycles. The molecule has 0 saturated heterocycles. The fourth-order valence-corrected chi connectivity index (χ4v) is 2.85. The molecule has 0 unspecified atom stereocenters.